The Bertz CT molecular complexity index is 1370. The van der Waals surface area contributed by atoms with Crippen LogP contribution >= 0.6 is 0 Å². The quantitative estimate of drug-likeness (QED) is 0.402. The lowest BCUT2D eigenvalue weighted by Gasteiger charge is -2.41. The lowest BCUT2D eigenvalue weighted by Crippen LogP contribution is -2.55. The number of aliphatic imine (C=N–C) groups is 1. The highest BCUT2D eigenvalue weighted by molar-refractivity contribution is 6.04. The molecule has 5 rings (SSSR count). The first kappa shape index (κ1) is 24.6. The van der Waals surface area contributed by atoms with Crippen molar-refractivity contribution in [2.45, 2.75) is 19.1 Å². The normalized spacial score (nSPS) is 17.2. The summed E-state index contributed by atoms with van der Waals surface area (Å²) in [5, 5.41) is 0. The van der Waals surface area contributed by atoms with Gasteiger partial charge in [-0.1, -0.05) is 0 Å². The molecule has 3 aromatic carbocycles. The zero-order valence-electron chi connectivity index (χ0n) is 20.1. The SMILES string of the molecule is COc1ccc2c(c1)C(N1CCN(C(=O)c3ccc(F)cc3)[C@@H](C)C1)=Nc1cc(C(F)(F)F)ccc1O2. The van der Waals surface area contributed by atoms with Crippen LogP contribution in [0.1, 0.15) is 28.4 Å². The Morgan fingerprint density at radius 1 is 1.03 bits per heavy atom. The van der Waals surface area contributed by atoms with E-state index in [9.17, 15) is 22.4 Å². The number of rotatable bonds is 2. The third-order valence-corrected chi connectivity index (χ3v) is 6.44. The summed E-state index contributed by atoms with van der Waals surface area (Å²) in [7, 11) is 1.52. The third-order valence-electron chi connectivity index (χ3n) is 6.44. The van der Waals surface area contributed by atoms with Crippen molar-refractivity contribution < 1.29 is 31.8 Å². The Morgan fingerprint density at radius 3 is 2.43 bits per heavy atom. The van der Waals surface area contributed by atoms with Gasteiger partial charge in [0, 0.05) is 31.2 Å². The second kappa shape index (κ2) is 9.42. The van der Waals surface area contributed by atoms with Crippen LogP contribution in [-0.4, -0.2) is 54.3 Å². The van der Waals surface area contributed by atoms with E-state index in [4.69, 9.17) is 9.47 Å². The van der Waals surface area contributed by atoms with Gasteiger partial charge in [-0.25, -0.2) is 9.38 Å². The number of carbonyl (C=O) groups excluding carboxylic acids is 1. The van der Waals surface area contributed by atoms with Gasteiger partial charge in [-0.15, -0.1) is 0 Å². The van der Waals surface area contributed by atoms with Crippen LogP contribution in [0, 0.1) is 5.82 Å². The summed E-state index contributed by atoms with van der Waals surface area (Å²) in [6, 6.07) is 13.4. The lowest BCUT2D eigenvalue weighted by molar-refractivity contribution is -0.137. The zero-order chi connectivity index (χ0) is 26.3. The smallest absolute Gasteiger partial charge is 0.416 e. The van der Waals surface area contributed by atoms with Crippen molar-refractivity contribution in [1.29, 1.82) is 0 Å². The maximum Gasteiger partial charge on any atom is 0.416 e. The van der Waals surface area contributed by atoms with Gasteiger partial charge in [0.05, 0.1) is 18.2 Å². The van der Waals surface area contributed by atoms with Gasteiger partial charge in [-0.2, -0.15) is 13.2 Å². The van der Waals surface area contributed by atoms with Gasteiger partial charge in [0.15, 0.2) is 5.75 Å². The number of hydrogen-bond acceptors (Lipinski definition) is 5. The van der Waals surface area contributed by atoms with Crippen molar-refractivity contribution in [3.05, 3.63) is 83.2 Å². The first-order valence-electron chi connectivity index (χ1n) is 11.6. The number of fused-ring (bicyclic) bond motifs is 2. The van der Waals surface area contributed by atoms with Crippen molar-refractivity contribution in [3.8, 4) is 17.2 Å². The van der Waals surface area contributed by atoms with E-state index in [1.165, 1.54) is 37.4 Å². The number of hydrogen-bond donors (Lipinski definition) is 0. The largest absolute Gasteiger partial charge is 0.497 e. The molecular weight excluding hydrogens is 490 g/mol. The average molecular weight is 513 g/mol. The van der Waals surface area contributed by atoms with Crippen molar-refractivity contribution in [2.24, 2.45) is 4.99 Å². The van der Waals surface area contributed by atoms with Gasteiger partial charge in [0.25, 0.3) is 5.91 Å². The summed E-state index contributed by atoms with van der Waals surface area (Å²) in [5.74, 6) is 0.942. The summed E-state index contributed by atoms with van der Waals surface area (Å²) < 4.78 is 64.9. The molecule has 3 aromatic rings. The van der Waals surface area contributed by atoms with E-state index in [1.807, 2.05) is 11.8 Å². The number of piperazine rings is 1. The minimum Gasteiger partial charge on any atom is -0.497 e. The third kappa shape index (κ3) is 4.83. The Kier molecular flexibility index (Phi) is 6.26. The fraction of sp³-hybridized carbons (Fsp3) is 0.259. The van der Waals surface area contributed by atoms with Gasteiger partial charge in [0.1, 0.15) is 28.8 Å². The molecule has 2 aliphatic rings. The summed E-state index contributed by atoms with van der Waals surface area (Å²) in [6.45, 7) is 2.97. The highest BCUT2D eigenvalue weighted by Gasteiger charge is 2.34. The number of carbonyl (C=O) groups is 1. The Morgan fingerprint density at radius 2 is 1.76 bits per heavy atom. The van der Waals surface area contributed by atoms with E-state index in [0.717, 1.165) is 12.1 Å². The van der Waals surface area contributed by atoms with E-state index >= 15 is 0 Å². The Balaban J connectivity index is 1.50. The molecule has 2 heterocycles. The Labute approximate surface area is 210 Å². The standard InChI is InChI=1S/C27H23F4N3O3/c1-16-15-33(11-12-34(16)26(35)17-3-6-19(28)7-4-17)25-21-14-20(36-2)8-10-23(21)37-24-9-5-18(27(29,30)31)13-22(24)32-25/h3-10,13-14,16H,11-12,15H2,1-2H3/t16-/m0/s1. The number of halogens is 4. The molecule has 1 fully saturated rings. The van der Waals surface area contributed by atoms with Crippen molar-refractivity contribution in [3.63, 3.8) is 0 Å². The zero-order valence-corrected chi connectivity index (χ0v) is 20.1. The van der Waals surface area contributed by atoms with Crippen molar-refractivity contribution in [2.75, 3.05) is 26.7 Å². The molecule has 37 heavy (non-hydrogen) atoms. The molecule has 1 saturated heterocycles. The number of amides is 1. The lowest BCUT2D eigenvalue weighted by atomic mass is 10.1. The van der Waals surface area contributed by atoms with Crippen molar-refractivity contribution in [1.82, 2.24) is 9.80 Å². The van der Waals surface area contributed by atoms with Crippen LogP contribution in [0.15, 0.2) is 65.7 Å². The summed E-state index contributed by atoms with van der Waals surface area (Å²) in [6.07, 6.45) is -4.53. The van der Waals surface area contributed by atoms with E-state index in [2.05, 4.69) is 4.99 Å². The molecule has 0 aromatic heterocycles. The van der Waals surface area contributed by atoms with E-state index in [1.54, 1.807) is 23.1 Å². The fourth-order valence-corrected chi connectivity index (χ4v) is 4.51. The highest BCUT2D eigenvalue weighted by Crippen LogP contribution is 2.42. The molecular formula is C27H23F4N3O3. The molecule has 0 saturated carbocycles. The molecule has 0 spiro atoms. The minimum atomic E-state index is -4.53. The monoisotopic (exact) mass is 513 g/mol. The number of amidine groups is 1. The van der Waals surface area contributed by atoms with E-state index in [-0.39, 0.29) is 23.4 Å². The number of benzene rings is 3. The molecule has 192 valence electrons. The van der Waals surface area contributed by atoms with Gasteiger partial charge in [0.2, 0.25) is 0 Å². The van der Waals surface area contributed by atoms with Crippen molar-refractivity contribution >= 4 is 17.4 Å². The number of alkyl halides is 3. The second-order valence-corrected chi connectivity index (χ2v) is 8.88. The maximum absolute atomic E-state index is 13.4. The number of nitrogens with zero attached hydrogens (tertiary/aromatic N) is 3. The summed E-state index contributed by atoms with van der Waals surface area (Å²) in [5.41, 5.74) is 0.169. The first-order valence-corrected chi connectivity index (χ1v) is 11.6. The van der Waals surface area contributed by atoms with Gasteiger partial charge >= 0.3 is 6.18 Å². The van der Waals surface area contributed by atoms with Crippen LogP contribution < -0.4 is 9.47 Å². The summed E-state index contributed by atoms with van der Waals surface area (Å²) >= 11 is 0. The molecule has 0 aliphatic carbocycles. The molecule has 0 bridgehead atoms. The molecule has 1 amide bonds. The van der Waals surface area contributed by atoms with Crippen LogP contribution in [0.3, 0.4) is 0 Å². The van der Waals surface area contributed by atoms with E-state index in [0.29, 0.717) is 48.1 Å². The molecule has 10 heteroatoms. The van der Waals surface area contributed by atoms with Crippen LogP contribution in [0.2, 0.25) is 0 Å². The summed E-state index contributed by atoms with van der Waals surface area (Å²) in [4.78, 5) is 21.3. The predicted octanol–water partition coefficient (Wildman–Crippen LogP) is 5.88. The van der Waals surface area contributed by atoms with Crippen LogP contribution in [0.5, 0.6) is 17.2 Å². The molecule has 0 N–H and O–H groups in total. The topological polar surface area (TPSA) is 54.4 Å². The minimum absolute atomic E-state index is 0.0532. The second-order valence-electron chi connectivity index (χ2n) is 8.88. The van der Waals surface area contributed by atoms with Gasteiger partial charge in [-0.05, 0) is 67.6 Å². The van der Waals surface area contributed by atoms with Gasteiger partial charge < -0.3 is 19.3 Å². The maximum atomic E-state index is 13.4. The first-order chi connectivity index (χ1) is 17.6. The number of ether oxygens (including phenoxy) is 2. The predicted molar refractivity (Wildman–Crippen MR) is 129 cm³/mol. The van der Waals surface area contributed by atoms with Gasteiger partial charge in [-0.3, -0.25) is 4.79 Å². The van der Waals surface area contributed by atoms with E-state index < -0.39 is 17.6 Å². The van der Waals surface area contributed by atoms with Crippen LogP contribution in [-0.2, 0) is 6.18 Å². The van der Waals surface area contributed by atoms with Crippen LogP contribution in [0.25, 0.3) is 0 Å². The molecule has 1 atom stereocenters. The molecule has 0 radical (unpaired) electrons. The molecule has 6 nitrogen and oxygen atoms in total. The number of methoxy groups -OCH3 is 1. The fourth-order valence-electron chi connectivity index (χ4n) is 4.51. The molecule has 0 unspecified atom stereocenters. The Hall–Kier alpha value is -4.08. The van der Waals surface area contributed by atoms with Crippen LogP contribution in [0.4, 0.5) is 23.2 Å². The molecule has 2 aliphatic heterocycles. The average Bonchev–Trinajstić information content (AvgIpc) is 3.04. The highest BCUT2D eigenvalue weighted by atomic mass is 19.4.